The first-order valence-electron chi connectivity index (χ1n) is 7.52. The van der Waals surface area contributed by atoms with E-state index in [0.29, 0.717) is 32.5 Å². The highest BCUT2D eigenvalue weighted by molar-refractivity contribution is 5.92. The van der Waals surface area contributed by atoms with E-state index in [9.17, 15) is 14.7 Å². The molecule has 1 saturated heterocycles. The van der Waals surface area contributed by atoms with Crippen LogP contribution in [0.3, 0.4) is 0 Å². The van der Waals surface area contributed by atoms with Crippen LogP contribution < -0.4 is 15.3 Å². The molecule has 1 heterocycles. The maximum atomic E-state index is 12.1. The molecule has 1 aliphatic heterocycles. The van der Waals surface area contributed by atoms with Crippen molar-refractivity contribution in [2.75, 3.05) is 25.0 Å². The Balaban J connectivity index is 1.84. The number of rotatable bonds is 5. The standard InChI is InChI=1S/C16H22N2O3/c1-2-12-5-3-4-6-14(12)17-15(19)11-18-9-7-13(8-10-18)16(20)21/h3-6,13H,2,7-11H2,1H3,(H,17,19)(H,20,21). The number of amides is 1. The molecule has 114 valence electrons. The van der Waals surface area contributed by atoms with Gasteiger partial charge in [-0.05, 0) is 18.1 Å². The Bertz CT molecular complexity index is 508. The summed E-state index contributed by atoms with van der Waals surface area (Å²) in [7, 11) is 0. The lowest BCUT2D eigenvalue weighted by molar-refractivity contribution is -0.897. The number of quaternary nitrogens is 1. The Labute approximate surface area is 125 Å². The molecule has 2 rings (SSSR count). The van der Waals surface area contributed by atoms with Gasteiger partial charge in [0.05, 0.1) is 13.1 Å². The molecular weight excluding hydrogens is 268 g/mol. The summed E-state index contributed by atoms with van der Waals surface area (Å²) in [6.45, 7) is 3.86. The van der Waals surface area contributed by atoms with Crippen molar-refractivity contribution in [3.8, 4) is 0 Å². The number of piperidine rings is 1. The minimum atomic E-state index is -0.963. The van der Waals surface area contributed by atoms with Crippen LogP contribution in [0.25, 0.3) is 0 Å². The maximum Gasteiger partial charge on any atom is 0.279 e. The number of benzene rings is 1. The Morgan fingerprint density at radius 1 is 1.29 bits per heavy atom. The number of carbonyl (C=O) groups excluding carboxylic acids is 2. The number of carboxylic acid groups (broad SMARTS) is 1. The van der Waals surface area contributed by atoms with Crippen molar-refractivity contribution in [1.29, 1.82) is 0 Å². The van der Waals surface area contributed by atoms with Gasteiger partial charge in [-0.1, -0.05) is 25.1 Å². The fourth-order valence-corrected chi connectivity index (χ4v) is 2.81. The minimum Gasteiger partial charge on any atom is -0.550 e. The van der Waals surface area contributed by atoms with Crippen LogP contribution in [0.15, 0.2) is 24.3 Å². The fourth-order valence-electron chi connectivity index (χ4n) is 2.81. The summed E-state index contributed by atoms with van der Waals surface area (Å²) >= 11 is 0. The number of carbonyl (C=O) groups is 2. The van der Waals surface area contributed by atoms with Gasteiger partial charge in [-0.25, -0.2) is 0 Å². The molecule has 1 aromatic rings. The number of aliphatic carboxylic acids is 1. The van der Waals surface area contributed by atoms with Crippen LogP contribution in [0.4, 0.5) is 5.69 Å². The predicted molar refractivity (Wildman–Crippen MR) is 77.7 cm³/mol. The second-order valence-electron chi connectivity index (χ2n) is 5.58. The van der Waals surface area contributed by atoms with E-state index < -0.39 is 5.97 Å². The zero-order chi connectivity index (χ0) is 15.2. The van der Waals surface area contributed by atoms with Gasteiger partial charge < -0.3 is 20.1 Å². The van der Waals surface area contributed by atoms with Crippen LogP contribution in [0, 0.1) is 5.92 Å². The minimum absolute atomic E-state index is 0.0159. The summed E-state index contributed by atoms with van der Waals surface area (Å²) in [5.41, 5.74) is 1.99. The van der Waals surface area contributed by atoms with E-state index in [1.165, 1.54) is 0 Å². The van der Waals surface area contributed by atoms with Gasteiger partial charge in [0.15, 0.2) is 6.54 Å². The van der Waals surface area contributed by atoms with E-state index in [1.807, 2.05) is 24.3 Å². The molecule has 1 amide bonds. The first-order valence-corrected chi connectivity index (χ1v) is 7.52. The number of hydrogen-bond acceptors (Lipinski definition) is 3. The number of carboxylic acids is 1. The average Bonchev–Trinajstić information content (AvgIpc) is 2.48. The SMILES string of the molecule is CCc1ccccc1NC(=O)C[NH+]1CCC(C(=O)[O-])CC1. The predicted octanol–water partition coefficient (Wildman–Crippen LogP) is -0.768. The molecule has 0 atom stereocenters. The van der Waals surface area contributed by atoms with Crippen LogP contribution in [0.5, 0.6) is 0 Å². The molecule has 5 heteroatoms. The number of hydrogen-bond donors (Lipinski definition) is 2. The van der Waals surface area contributed by atoms with Crippen molar-refractivity contribution >= 4 is 17.6 Å². The molecule has 0 aliphatic carbocycles. The van der Waals surface area contributed by atoms with Crippen molar-refractivity contribution in [2.24, 2.45) is 5.92 Å². The van der Waals surface area contributed by atoms with E-state index in [4.69, 9.17) is 0 Å². The lowest BCUT2D eigenvalue weighted by Gasteiger charge is -2.29. The topological polar surface area (TPSA) is 73.7 Å². The van der Waals surface area contributed by atoms with Crippen molar-refractivity contribution in [2.45, 2.75) is 26.2 Å². The maximum absolute atomic E-state index is 12.1. The van der Waals surface area contributed by atoms with Gasteiger partial charge in [0.25, 0.3) is 5.91 Å². The van der Waals surface area contributed by atoms with Crippen molar-refractivity contribution in [3.05, 3.63) is 29.8 Å². The van der Waals surface area contributed by atoms with Gasteiger partial charge in [0, 0.05) is 30.4 Å². The van der Waals surface area contributed by atoms with E-state index in [1.54, 1.807) is 0 Å². The van der Waals surface area contributed by atoms with Crippen LogP contribution in [-0.4, -0.2) is 31.5 Å². The largest absolute Gasteiger partial charge is 0.550 e. The summed E-state index contributed by atoms with van der Waals surface area (Å²) in [5, 5.41) is 13.7. The highest BCUT2D eigenvalue weighted by Gasteiger charge is 2.24. The summed E-state index contributed by atoms with van der Waals surface area (Å²) < 4.78 is 0. The van der Waals surface area contributed by atoms with Gasteiger partial charge in [-0.2, -0.15) is 0 Å². The molecule has 5 nitrogen and oxygen atoms in total. The highest BCUT2D eigenvalue weighted by Crippen LogP contribution is 2.15. The van der Waals surface area contributed by atoms with E-state index >= 15 is 0 Å². The van der Waals surface area contributed by atoms with Gasteiger partial charge in [-0.15, -0.1) is 0 Å². The van der Waals surface area contributed by atoms with Crippen LogP contribution in [0.2, 0.25) is 0 Å². The summed E-state index contributed by atoms with van der Waals surface area (Å²) in [6.07, 6.45) is 2.06. The first-order chi connectivity index (χ1) is 10.1. The van der Waals surface area contributed by atoms with Crippen LogP contribution in [0.1, 0.15) is 25.3 Å². The fraction of sp³-hybridized carbons (Fsp3) is 0.500. The van der Waals surface area contributed by atoms with Gasteiger partial charge in [0.1, 0.15) is 0 Å². The molecule has 0 aromatic heterocycles. The van der Waals surface area contributed by atoms with Gasteiger partial charge in [0.2, 0.25) is 0 Å². The van der Waals surface area contributed by atoms with Crippen LogP contribution >= 0.6 is 0 Å². The first kappa shape index (κ1) is 15.5. The van der Waals surface area contributed by atoms with Gasteiger partial charge >= 0.3 is 0 Å². The molecule has 0 bridgehead atoms. The van der Waals surface area contributed by atoms with Crippen molar-refractivity contribution in [1.82, 2.24) is 0 Å². The molecule has 2 N–H and O–H groups in total. The quantitative estimate of drug-likeness (QED) is 0.748. The second-order valence-corrected chi connectivity index (χ2v) is 5.58. The Hall–Kier alpha value is -1.88. The second kappa shape index (κ2) is 7.22. The molecule has 0 saturated carbocycles. The number of likely N-dealkylation sites (tertiary alicyclic amines) is 1. The normalized spacial score (nSPS) is 21.8. The molecule has 0 spiro atoms. The number of para-hydroxylation sites is 1. The van der Waals surface area contributed by atoms with Crippen molar-refractivity contribution in [3.63, 3.8) is 0 Å². The third-order valence-corrected chi connectivity index (χ3v) is 4.11. The molecule has 1 aromatic carbocycles. The molecule has 21 heavy (non-hydrogen) atoms. The molecule has 1 aliphatic rings. The Kier molecular flexibility index (Phi) is 5.33. The summed E-state index contributed by atoms with van der Waals surface area (Å²) in [5.74, 6) is -1.33. The summed E-state index contributed by atoms with van der Waals surface area (Å²) in [4.78, 5) is 24.0. The van der Waals surface area contributed by atoms with E-state index in [-0.39, 0.29) is 11.8 Å². The third kappa shape index (κ3) is 4.29. The highest BCUT2D eigenvalue weighted by atomic mass is 16.4. The third-order valence-electron chi connectivity index (χ3n) is 4.11. The zero-order valence-electron chi connectivity index (χ0n) is 12.4. The number of anilines is 1. The zero-order valence-corrected chi connectivity index (χ0v) is 12.4. The average molecular weight is 290 g/mol. The Morgan fingerprint density at radius 2 is 1.95 bits per heavy atom. The smallest absolute Gasteiger partial charge is 0.279 e. The molecule has 0 unspecified atom stereocenters. The molecule has 0 radical (unpaired) electrons. The number of aryl methyl sites for hydroxylation is 1. The number of nitrogens with one attached hydrogen (secondary N) is 2. The van der Waals surface area contributed by atoms with Gasteiger partial charge in [-0.3, -0.25) is 4.79 Å². The van der Waals surface area contributed by atoms with Crippen LogP contribution in [-0.2, 0) is 16.0 Å². The Morgan fingerprint density at radius 3 is 2.57 bits per heavy atom. The monoisotopic (exact) mass is 290 g/mol. The molecular formula is C16H22N2O3. The lowest BCUT2D eigenvalue weighted by atomic mass is 9.97. The summed E-state index contributed by atoms with van der Waals surface area (Å²) in [6, 6.07) is 7.79. The lowest BCUT2D eigenvalue weighted by Crippen LogP contribution is -3.14. The molecule has 1 fully saturated rings. The van der Waals surface area contributed by atoms with E-state index in [0.717, 1.165) is 22.6 Å². The van der Waals surface area contributed by atoms with Crippen molar-refractivity contribution < 1.29 is 19.6 Å². The van der Waals surface area contributed by atoms with E-state index in [2.05, 4.69) is 12.2 Å².